The summed E-state index contributed by atoms with van der Waals surface area (Å²) in [6.45, 7) is 16.6. The highest BCUT2D eigenvalue weighted by Crippen LogP contribution is 2.50. The van der Waals surface area contributed by atoms with E-state index in [1.807, 2.05) is 58.7 Å². The molecule has 3 aromatic heterocycles. The van der Waals surface area contributed by atoms with Gasteiger partial charge in [0, 0.05) is 114 Å². The lowest BCUT2D eigenvalue weighted by Crippen LogP contribution is -2.64. The fraction of sp³-hybridized carbons (Fsp3) is 0.544. The zero-order chi connectivity index (χ0) is 55.7. The van der Waals surface area contributed by atoms with Gasteiger partial charge in [0.15, 0.2) is 4.34 Å². The van der Waals surface area contributed by atoms with Crippen molar-refractivity contribution in [2.75, 3.05) is 102 Å². The van der Waals surface area contributed by atoms with Crippen molar-refractivity contribution in [1.29, 1.82) is 0 Å². The molecule has 1 atom stereocenters. The number of nitrogens with zero attached hydrogens (tertiary/aromatic N) is 10. The van der Waals surface area contributed by atoms with E-state index in [1.54, 1.807) is 32.5 Å². The van der Waals surface area contributed by atoms with Gasteiger partial charge in [-0.15, -0.1) is 10.2 Å². The average molecular weight is 1150 g/mol. The van der Waals surface area contributed by atoms with Crippen molar-refractivity contribution in [2.24, 2.45) is 5.41 Å². The maximum absolute atomic E-state index is 14.8. The van der Waals surface area contributed by atoms with Gasteiger partial charge in [0.1, 0.15) is 28.9 Å². The Morgan fingerprint density at radius 3 is 2.30 bits per heavy atom. The number of aromatic nitrogens is 5. The predicted octanol–water partition coefficient (Wildman–Crippen LogP) is 6.94. The van der Waals surface area contributed by atoms with Crippen molar-refractivity contribution < 1.29 is 28.7 Å². The Hall–Kier alpha value is -6.04. The van der Waals surface area contributed by atoms with Crippen LogP contribution < -0.4 is 25.8 Å². The Morgan fingerprint density at radius 1 is 0.875 bits per heavy atom. The molecular weight excluding hydrogens is 1080 g/mol. The number of aryl methyl sites for hydroxylation is 1. The van der Waals surface area contributed by atoms with Crippen LogP contribution in [0.2, 0.25) is 5.02 Å². The summed E-state index contributed by atoms with van der Waals surface area (Å²) in [7, 11) is 0. The normalized spacial score (nSPS) is 22.8. The van der Waals surface area contributed by atoms with Crippen LogP contribution in [0.15, 0.2) is 77.8 Å². The second kappa shape index (κ2) is 23.4. The number of H-pyrrole nitrogens is 1. The lowest BCUT2D eigenvalue weighted by molar-refractivity contribution is -0.203. The Labute approximate surface area is 480 Å². The molecule has 2 aromatic carbocycles. The summed E-state index contributed by atoms with van der Waals surface area (Å²) in [5.41, 5.74) is 2.44. The summed E-state index contributed by atoms with van der Waals surface area (Å²) in [5.74, 6) is 1.39. The fourth-order valence-corrected chi connectivity index (χ4v) is 14.2. The summed E-state index contributed by atoms with van der Waals surface area (Å²) in [5, 5.41) is 20.2. The molecule has 80 heavy (non-hydrogen) atoms. The van der Waals surface area contributed by atoms with Gasteiger partial charge in [0.2, 0.25) is 16.8 Å². The van der Waals surface area contributed by atoms with Gasteiger partial charge in [-0.2, -0.15) is 0 Å². The van der Waals surface area contributed by atoms with Gasteiger partial charge in [0.05, 0.1) is 35.7 Å². The molecule has 12 rings (SSSR count). The molecule has 0 radical (unpaired) electrons. The molecule has 9 heterocycles. The number of alkyl carbamates (subject to hydrolysis) is 1. The second-order valence-corrected chi connectivity index (χ2v) is 26.0. The molecular formula is C57H73ClN14O6S2. The summed E-state index contributed by atoms with van der Waals surface area (Å²) in [4.78, 5) is 81.4. The molecule has 426 valence electrons. The highest BCUT2D eigenvalue weighted by atomic mass is 35.5. The number of ether oxygens (including phenoxy) is 2. The smallest absolute Gasteiger partial charge is 0.408 e. The Balaban J connectivity index is 0.641. The number of fused-ring (bicyclic) bond motifs is 4. The van der Waals surface area contributed by atoms with Crippen LogP contribution in [0, 0.1) is 12.3 Å². The van der Waals surface area contributed by atoms with E-state index in [-0.39, 0.29) is 29.4 Å². The molecule has 4 amide bonds. The monoisotopic (exact) mass is 1150 g/mol. The van der Waals surface area contributed by atoms with Crippen LogP contribution in [-0.2, 0) is 24.8 Å². The molecule has 1 aliphatic carbocycles. The van der Waals surface area contributed by atoms with Crippen LogP contribution in [0.1, 0.15) is 98.3 Å². The van der Waals surface area contributed by atoms with Gasteiger partial charge in [-0.25, -0.2) is 14.8 Å². The fourth-order valence-electron chi connectivity index (χ4n) is 12.2. The van der Waals surface area contributed by atoms with Crippen molar-refractivity contribution in [1.82, 2.24) is 60.7 Å². The van der Waals surface area contributed by atoms with E-state index in [9.17, 15) is 19.2 Å². The third-order valence-corrected chi connectivity index (χ3v) is 19.4. The summed E-state index contributed by atoms with van der Waals surface area (Å²) in [6.07, 6.45) is 11.3. The van der Waals surface area contributed by atoms with Gasteiger partial charge in [0.25, 0.3) is 5.91 Å². The number of hydrogen-bond donors (Lipinski definition) is 4. The number of piperazine rings is 2. The third kappa shape index (κ3) is 12.4. The topological polar surface area (TPSA) is 210 Å². The maximum atomic E-state index is 14.8. The number of thioether (sulfide) groups is 1. The Kier molecular flexibility index (Phi) is 16.4. The van der Waals surface area contributed by atoms with E-state index in [0.717, 1.165) is 90.2 Å². The number of carbonyl (C=O) groups is 4. The standard InChI is InChI=1S/C57H73ClN14O6S2/c1-39-33-43(72-24-20-59-38-72)10-7-41(39)34-79-53-66-65-48(80-53)49(73)70-29-27-68(28-30-70)35-56-15-13-55(14-16-56,36-77-56)51(75)71-31-25-67(26-32-71)21-12-45(40-5-8-42(58)9-6-40)63-50(74)57(64-52(76)78-54(2,3)4)17-22-69(23-18-57)47-44-11-19-60-46(44)61-37-62-47/h5-11,19-20,24,33,37,45,59H,12-18,21-23,25-32,34-36,38H2,1-4H3,(H,63,74)(H,64,76)(H,60,61,62)/t45-,55?,56?/m0/s1. The first-order chi connectivity index (χ1) is 38.5. The van der Waals surface area contributed by atoms with E-state index in [1.165, 1.54) is 28.8 Å². The number of carbonyl (C=O) groups excluding carboxylic acids is 4. The van der Waals surface area contributed by atoms with E-state index < -0.39 is 22.6 Å². The molecule has 5 saturated heterocycles. The quantitative estimate of drug-likeness (QED) is 0.0738. The molecule has 4 N–H and O–H groups in total. The SMILES string of the molecule is Cc1cc(N2C=CNC2)ccc1CSc1nnc(C(=O)N2CCN(CC34CCC(C(=O)N5CCN(CC[C@H](NC(=O)C6(NC(=O)OC(C)(C)C)CCN(c7ncnc8[nH]ccc78)CC6)c6ccc(Cl)cc6)CC5)(CC3)CO4)CC2)s1. The van der Waals surface area contributed by atoms with E-state index in [0.29, 0.717) is 94.8 Å². The van der Waals surface area contributed by atoms with Gasteiger partial charge in [-0.3, -0.25) is 24.2 Å². The van der Waals surface area contributed by atoms with Crippen LogP contribution >= 0.6 is 34.7 Å². The molecule has 23 heteroatoms. The second-order valence-electron chi connectivity index (χ2n) is 23.4. The summed E-state index contributed by atoms with van der Waals surface area (Å²) < 4.78 is 13.2. The minimum absolute atomic E-state index is 0.0623. The molecule has 6 fully saturated rings. The summed E-state index contributed by atoms with van der Waals surface area (Å²) >= 11 is 9.34. The maximum Gasteiger partial charge on any atom is 0.408 e. The van der Waals surface area contributed by atoms with Crippen LogP contribution in [0.25, 0.3) is 11.0 Å². The minimum atomic E-state index is -1.25. The van der Waals surface area contributed by atoms with Gasteiger partial charge >= 0.3 is 6.09 Å². The molecule has 20 nitrogen and oxygen atoms in total. The minimum Gasteiger partial charge on any atom is -0.444 e. The van der Waals surface area contributed by atoms with E-state index in [2.05, 4.69) is 85.8 Å². The highest BCUT2D eigenvalue weighted by molar-refractivity contribution is 8.00. The van der Waals surface area contributed by atoms with Crippen molar-refractivity contribution in [3.05, 3.63) is 100 Å². The molecule has 5 aromatic rings. The molecule has 0 spiro atoms. The summed E-state index contributed by atoms with van der Waals surface area (Å²) in [6, 6.07) is 15.6. The molecule has 2 bridgehead atoms. The number of hydrogen-bond acceptors (Lipinski definition) is 17. The number of amides is 4. The van der Waals surface area contributed by atoms with Crippen molar-refractivity contribution in [3.8, 4) is 0 Å². The largest absolute Gasteiger partial charge is 0.444 e. The van der Waals surface area contributed by atoms with Gasteiger partial charge in [-0.05, 0) is 120 Å². The van der Waals surface area contributed by atoms with Crippen molar-refractivity contribution >= 4 is 81.1 Å². The number of anilines is 2. The number of aromatic amines is 1. The predicted molar refractivity (Wildman–Crippen MR) is 310 cm³/mol. The number of nitrogens with one attached hydrogen (secondary N) is 4. The first-order valence-corrected chi connectivity index (χ1v) is 30.2. The number of rotatable bonds is 16. The van der Waals surface area contributed by atoms with Gasteiger partial charge in [-0.1, -0.05) is 52.9 Å². The van der Waals surface area contributed by atoms with Crippen molar-refractivity contribution in [2.45, 2.75) is 106 Å². The lowest BCUT2D eigenvalue weighted by Gasteiger charge is -2.55. The number of halogens is 1. The van der Waals surface area contributed by atoms with Crippen molar-refractivity contribution in [3.63, 3.8) is 0 Å². The molecule has 6 aliphatic heterocycles. The average Bonchev–Trinajstić information content (AvgIpc) is 4.38. The van der Waals surface area contributed by atoms with Crippen LogP contribution in [0.4, 0.5) is 16.3 Å². The van der Waals surface area contributed by atoms with E-state index >= 15 is 0 Å². The van der Waals surface area contributed by atoms with Crippen LogP contribution in [0.5, 0.6) is 0 Å². The number of piperidine rings is 1. The van der Waals surface area contributed by atoms with Crippen LogP contribution in [0.3, 0.4) is 0 Å². The van der Waals surface area contributed by atoms with Gasteiger partial charge < -0.3 is 50.0 Å². The molecule has 1 saturated carbocycles. The molecule has 7 aliphatic rings. The lowest BCUT2D eigenvalue weighted by atomic mass is 9.65. The number of benzene rings is 2. The molecule has 0 unspecified atom stereocenters. The first kappa shape index (κ1) is 55.8. The Morgan fingerprint density at radius 2 is 1.61 bits per heavy atom. The third-order valence-electron chi connectivity index (χ3n) is 17.0. The zero-order valence-corrected chi connectivity index (χ0v) is 48.6. The highest BCUT2D eigenvalue weighted by Gasteiger charge is 2.55. The van der Waals surface area contributed by atoms with E-state index in [4.69, 9.17) is 21.1 Å². The zero-order valence-electron chi connectivity index (χ0n) is 46.2. The van der Waals surface area contributed by atoms with Crippen LogP contribution in [-0.4, -0.2) is 177 Å². The Bertz CT molecular complexity index is 3050. The first-order valence-electron chi connectivity index (χ1n) is 28.0.